The minimum absolute atomic E-state index is 0.0885. The molecule has 0 N–H and O–H groups in total. The molecule has 144 valence electrons. The van der Waals surface area contributed by atoms with Crippen molar-refractivity contribution in [2.45, 2.75) is 18.4 Å². The number of nitrogens with zero attached hydrogens (tertiary/aromatic N) is 5. The molecule has 2 fully saturated rings. The number of hydrogen-bond donors (Lipinski definition) is 0. The fraction of sp³-hybridized carbons (Fsp3) is 0.400. The molecule has 2 aromatic heterocycles. The molecule has 5 rings (SSSR count). The first-order valence-corrected chi connectivity index (χ1v) is 9.54. The van der Waals surface area contributed by atoms with Gasteiger partial charge >= 0.3 is 0 Å². The molecule has 3 atom stereocenters. The Bertz CT molecular complexity index is 976. The van der Waals surface area contributed by atoms with Crippen molar-refractivity contribution in [2.75, 3.05) is 26.3 Å². The third kappa shape index (κ3) is 3.31. The summed E-state index contributed by atoms with van der Waals surface area (Å²) >= 11 is 0. The van der Waals surface area contributed by atoms with E-state index in [4.69, 9.17) is 9.57 Å². The number of amides is 1. The minimum Gasteiger partial charge on any atom is -0.391 e. The molecule has 1 saturated heterocycles. The summed E-state index contributed by atoms with van der Waals surface area (Å²) in [5.74, 6) is 0.652. The van der Waals surface area contributed by atoms with Crippen LogP contribution in [0.25, 0.3) is 11.2 Å². The van der Waals surface area contributed by atoms with E-state index in [0.717, 1.165) is 6.42 Å². The van der Waals surface area contributed by atoms with Gasteiger partial charge in [-0.1, -0.05) is 35.2 Å². The number of rotatable bonds is 5. The number of ether oxygens (including phenoxy) is 1. The van der Waals surface area contributed by atoms with Gasteiger partial charge in [0.15, 0.2) is 0 Å². The first-order valence-electron chi connectivity index (χ1n) is 9.54. The van der Waals surface area contributed by atoms with Gasteiger partial charge in [0.25, 0.3) is 0 Å². The predicted molar refractivity (Wildman–Crippen MR) is 100 cm³/mol. The summed E-state index contributed by atoms with van der Waals surface area (Å²) in [6.07, 6.45) is 2.40. The molecular formula is C20H21N5O3. The lowest BCUT2D eigenvalue weighted by Crippen LogP contribution is -2.48. The monoisotopic (exact) mass is 379 g/mol. The van der Waals surface area contributed by atoms with Crippen molar-refractivity contribution in [3.8, 4) is 0 Å². The van der Waals surface area contributed by atoms with Crippen LogP contribution in [0, 0.1) is 5.92 Å². The summed E-state index contributed by atoms with van der Waals surface area (Å²) in [5, 5.41) is 7.98. The second-order valence-electron chi connectivity index (χ2n) is 7.24. The van der Waals surface area contributed by atoms with Gasteiger partial charge in [-0.25, -0.2) is 4.98 Å². The zero-order valence-corrected chi connectivity index (χ0v) is 15.3. The second-order valence-corrected chi connectivity index (χ2v) is 7.24. The predicted octanol–water partition coefficient (Wildman–Crippen LogP) is 1.29. The molecule has 8 heteroatoms. The number of benzene rings is 1. The number of carbonyl (C=O) groups is 1. The standard InChI is InChI=1S/C20H21N5O3/c26-20(17-11-16(17)14-5-2-1-3-6-14)24-9-10-27-15(12-24)13-28-25-19-18(22-23-25)7-4-8-21-19/h1-8,15-17H,9-13H2. The number of morpholine rings is 1. The fourth-order valence-electron chi connectivity index (χ4n) is 3.78. The van der Waals surface area contributed by atoms with Crippen molar-refractivity contribution in [1.29, 1.82) is 0 Å². The van der Waals surface area contributed by atoms with Gasteiger partial charge in [-0.15, -0.1) is 5.10 Å². The van der Waals surface area contributed by atoms with Crippen LogP contribution in [0.15, 0.2) is 48.7 Å². The maximum Gasteiger partial charge on any atom is 0.226 e. The van der Waals surface area contributed by atoms with E-state index in [9.17, 15) is 4.79 Å². The van der Waals surface area contributed by atoms with Crippen molar-refractivity contribution in [3.63, 3.8) is 0 Å². The minimum atomic E-state index is -0.199. The topological polar surface area (TPSA) is 82.4 Å². The Hall–Kier alpha value is -3.00. The Kier molecular flexibility index (Phi) is 4.40. The fourth-order valence-corrected chi connectivity index (χ4v) is 3.78. The molecule has 1 amide bonds. The Morgan fingerprint density at radius 3 is 3.00 bits per heavy atom. The maximum absolute atomic E-state index is 12.9. The van der Waals surface area contributed by atoms with Gasteiger partial charge in [0.05, 0.1) is 13.2 Å². The van der Waals surface area contributed by atoms with Gasteiger partial charge in [-0.05, 0) is 35.2 Å². The SMILES string of the molecule is O=C(C1CC1c1ccccc1)N1CCOC(COn2nnc3cccnc32)C1. The zero-order chi connectivity index (χ0) is 18.9. The van der Waals surface area contributed by atoms with Gasteiger partial charge in [0.1, 0.15) is 18.2 Å². The summed E-state index contributed by atoms with van der Waals surface area (Å²) < 4.78 is 5.78. The molecular weight excluding hydrogens is 358 g/mol. The molecule has 0 bridgehead atoms. The lowest BCUT2D eigenvalue weighted by Gasteiger charge is -2.32. The van der Waals surface area contributed by atoms with Gasteiger partial charge < -0.3 is 14.5 Å². The summed E-state index contributed by atoms with van der Waals surface area (Å²) in [6, 6.07) is 13.9. The summed E-state index contributed by atoms with van der Waals surface area (Å²) in [7, 11) is 0. The van der Waals surface area contributed by atoms with E-state index in [2.05, 4.69) is 27.4 Å². The first-order chi connectivity index (χ1) is 13.8. The third-order valence-electron chi connectivity index (χ3n) is 5.35. The van der Waals surface area contributed by atoms with Crippen LogP contribution in [-0.4, -0.2) is 63.4 Å². The molecule has 0 radical (unpaired) electrons. The highest BCUT2D eigenvalue weighted by molar-refractivity contribution is 5.83. The third-order valence-corrected chi connectivity index (χ3v) is 5.35. The lowest BCUT2D eigenvalue weighted by molar-refractivity contribution is -0.143. The Morgan fingerprint density at radius 2 is 2.11 bits per heavy atom. The molecule has 2 aliphatic rings. The highest BCUT2D eigenvalue weighted by atomic mass is 16.7. The number of hydrogen-bond acceptors (Lipinski definition) is 6. The number of fused-ring (bicyclic) bond motifs is 1. The van der Waals surface area contributed by atoms with Crippen LogP contribution in [0.1, 0.15) is 17.9 Å². The van der Waals surface area contributed by atoms with Gasteiger partial charge in [-0.3, -0.25) is 4.79 Å². The normalized spacial score (nSPS) is 24.3. The molecule has 28 heavy (non-hydrogen) atoms. The van der Waals surface area contributed by atoms with Gasteiger partial charge in [0.2, 0.25) is 11.6 Å². The Labute approximate surface area is 162 Å². The van der Waals surface area contributed by atoms with Gasteiger partial charge in [0, 0.05) is 18.7 Å². The van der Waals surface area contributed by atoms with Crippen molar-refractivity contribution in [1.82, 2.24) is 25.0 Å². The van der Waals surface area contributed by atoms with E-state index in [1.54, 1.807) is 12.3 Å². The first kappa shape index (κ1) is 17.1. The van der Waals surface area contributed by atoms with Crippen molar-refractivity contribution >= 4 is 17.1 Å². The molecule has 1 aromatic carbocycles. The Balaban J connectivity index is 1.18. The van der Waals surface area contributed by atoms with E-state index in [1.165, 1.54) is 10.4 Å². The van der Waals surface area contributed by atoms with E-state index in [1.807, 2.05) is 29.2 Å². The highest BCUT2D eigenvalue weighted by Crippen LogP contribution is 2.48. The average molecular weight is 379 g/mol. The second kappa shape index (κ2) is 7.20. The summed E-state index contributed by atoms with van der Waals surface area (Å²) in [4.78, 5) is 26.0. The summed E-state index contributed by atoms with van der Waals surface area (Å²) in [6.45, 7) is 1.95. The van der Waals surface area contributed by atoms with Crippen LogP contribution in [0.4, 0.5) is 0 Å². The van der Waals surface area contributed by atoms with Crippen LogP contribution in [0.2, 0.25) is 0 Å². The van der Waals surface area contributed by atoms with Gasteiger partial charge in [-0.2, -0.15) is 0 Å². The quantitative estimate of drug-likeness (QED) is 0.664. The number of pyridine rings is 1. The van der Waals surface area contributed by atoms with Crippen LogP contribution < -0.4 is 4.84 Å². The molecule has 1 aliphatic carbocycles. The van der Waals surface area contributed by atoms with Crippen LogP contribution in [-0.2, 0) is 9.53 Å². The van der Waals surface area contributed by atoms with Crippen molar-refractivity contribution in [2.24, 2.45) is 5.92 Å². The van der Waals surface area contributed by atoms with Crippen LogP contribution in [0.5, 0.6) is 0 Å². The molecule has 1 aliphatic heterocycles. The van der Waals surface area contributed by atoms with E-state index in [0.29, 0.717) is 36.8 Å². The van der Waals surface area contributed by atoms with Crippen molar-refractivity contribution in [3.05, 3.63) is 54.2 Å². The molecule has 8 nitrogen and oxygen atoms in total. The van der Waals surface area contributed by atoms with Crippen LogP contribution >= 0.6 is 0 Å². The van der Waals surface area contributed by atoms with E-state index < -0.39 is 0 Å². The molecule has 3 unspecified atom stereocenters. The lowest BCUT2D eigenvalue weighted by atomic mass is 10.1. The molecule has 3 heterocycles. The van der Waals surface area contributed by atoms with E-state index >= 15 is 0 Å². The van der Waals surface area contributed by atoms with E-state index in [-0.39, 0.29) is 24.5 Å². The maximum atomic E-state index is 12.9. The number of aromatic nitrogens is 4. The Morgan fingerprint density at radius 1 is 1.21 bits per heavy atom. The zero-order valence-electron chi connectivity index (χ0n) is 15.3. The summed E-state index contributed by atoms with van der Waals surface area (Å²) in [5.41, 5.74) is 2.49. The average Bonchev–Trinajstić information content (AvgIpc) is 3.46. The molecule has 1 saturated carbocycles. The highest BCUT2D eigenvalue weighted by Gasteiger charge is 2.46. The molecule has 0 spiro atoms. The van der Waals surface area contributed by atoms with Crippen LogP contribution in [0.3, 0.4) is 0 Å². The van der Waals surface area contributed by atoms with Crippen molar-refractivity contribution < 1.29 is 14.4 Å². The largest absolute Gasteiger partial charge is 0.391 e. The number of carbonyl (C=O) groups excluding carboxylic acids is 1. The smallest absolute Gasteiger partial charge is 0.226 e. The molecule has 3 aromatic rings.